The molecular weight excluding hydrogens is 320 g/mol. The first-order chi connectivity index (χ1) is 9.69. The second-order valence-corrected chi connectivity index (χ2v) is 3.80. The molecule has 0 atom stereocenters. The van der Waals surface area contributed by atoms with Crippen LogP contribution in [-0.4, -0.2) is 31.8 Å². The van der Waals surface area contributed by atoms with Gasteiger partial charge in [0.25, 0.3) is 0 Å². The zero-order chi connectivity index (χ0) is 14.8. The minimum absolute atomic E-state index is 0. The minimum atomic E-state index is 0. The molecule has 0 aliphatic heterocycles. The number of rotatable bonds is 2. The standard InChI is InChI=1S/2C7H8N2O.Cu/c2*1-6(9-10)7-4-2-3-5-8-7;/h2*2-5,10H,1H3;/b9-6+;9-6-;. The Morgan fingerprint density at radius 3 is 1.43 bits per heavy atom. The summed E-state index contributed by atoms with van der Waals surface area (Å²) in [7, 11) is 0. The number of hydrogen-bond acceptors (Lipinski definition) is 6. The second-order valence-electron chi connectivity index (χ2n) is 3.80. The molecule has 115 valence electrons. The largest absolute Gasteiger partial charge is 0.411 e. The number of oxime groups is 2. The van der Waals surface area contributed by atoms with Gasteiger partial charge in [-0.2, -0.15) is 0 Å². The van der Waals surface area contributed by atoms with E-state index < -0.39 is 0 Å². The van der Waals surface area contributed by atoms with E-state index in [0.29, 0.717) is 22.8 Å². The molecule has 0 aliphatic carbocycles. The van der Waals surface area contributed by atoms with E-state index in [1.165, 1.54) is 0 Å². The van der Waals surface area contributed by atoms with Crippen LogP contribution >= 0.6 is 0 Å². The van der Waals surface area contributed by atoms with Gasteiger partial charge in [0.15, 0.2) is 0 Å². The fraction of sp³-hybridized carbons (Fsp3) is 0.143. The smallest absolute Gasteiger partial charge is 0.102 e. The maximum atomic E-state index is 8.34. The zero-order valence-electron chi connectivity index (χ0n) is 11.6. The van der Waals surface area contributed by atoms with Gasteiger partial charge in [0.05, 0.1) is 11.4 Å². The zero-order valence-corrected chi connectivity index (χ0v) is 12.5. The summed E-state index contributed by atoms with van der Waals surface area (Å²) in [5, 5.41) is 22.7. The summed E-state index contributed by atoms with van der Waals surface area (Å²) < 4.78 is 0. The van der Waals surface area contributed by atoms with Crippen LogP contribution in [0.1, 0.15) is 25.2 Å². The Balaban J connectivity index is 0.000000364. The van der Waals surface area contributed by atoms with Crippen molar-refractivity contribution in [2.75, 3.05) is 0 Å². The molecule has 6 nitrogen and oxygen atoms in total. The van der Waals surface area contributed by atoms with Crippen molar-refractivity contribution in [3.8, 4) is 0 Å². The van der Waals surface area contributed by atoms with Gasteiger partial charge in [-0.3, -0.25) is 9.97 Å². The third-order valence-corrected chi connectivity index (χ3v) is 2.37. The topological polar surface area (TPSA) is 91.0 Å². The normalized spacial score (nSPS) is 11.0. The third-order valence-electron chi connectivity index (χ3n) is 2.37. The molecule has 0 amide bonds. The SMILES string of the molecule is C/C(=N/O)c1ccccn1.C/C(=N\O)c1ccccn1.[Cu]. The predicted molar refractivity (Wildman–Crippen MR) is 76.5 cm³/mol. The summed E-state index contributed by atoms with van der Waals surface area (Å²) >= 11 is 0. The molecule has 2 aromatic rings. The first-order valence-electron chi connectivity index (χ1n) is 5.89. The van der Waals surface area contributed by atoms with Gasteiger partial charge < -0.3 is 10.4 Å². The summed E-state index contributed by atoms with van der Waals surface area (Å²) in [5.41, 5.74) is 2.45. The van der Waals surface area contributed by atoms with Gasteiger partial charge in [0.2, 0.25) is 0 Å². The number of pyridine rings is 2. The molecule has 21 heavy (non-hydrogen) atoms. The quantitative estimate of drug-likeness (QED) is 0.382. The molecule has 1 radical (unpaired) electrons. The Morgan fingerprint density at radius 1 is 0.810 bits per heavy atom. The monoisotopic (exact) mass is 335 g/mol. The van der Waals surface area contributed by atoms with Gasteiger partial charge in [-0.05, 0) is 38.1 Å². The molecule has 2 rings (SSSR count). The Hall–Kier alpha value is -2.24. The van der Waals surface area contributed by atoms with Crippen LogP contribution in [0.5, 0.6) is 0 Å². The molecule has 0 aliphatic rings. The fourth-order valence-corrected chi connectivity index (χ4v) is 1.26. The van der Waals surface area contributed by atoms with Crippen LogP contribution in [0.2, 0.25) is 0 Å². The fourth-order valence-electron chi connectivity index (χ4n) is 1.26. The molecule has 0 unspecified atom stereocenters. The van der Waals surface area contributed by atoms with Gasteiger partial charge in [-0.1, -0.05) is 22.4 Å². The summed E-state index contributed by atoms with van der Waals surface area (Å²) in [6, 6.07) is 10.9. The van der Waals surface area contributed by atoms with E-state index in [-0.39, 0.29) is 17.1 Å². The van der Waals surface area contributed by atoms with E-state index in [1.807, 2.05) is 24.3 Å². The summed E-state index contributed by atoms with van der Waals surface area (Å²) in [4.78, 5) is 7.92. The molecular formula is C14H16CuN4O2. The van der Waals surface area contributed by atoms with Gasteiger partial charge in [-0.15, -0.1) is 0 Å². The first kappa shape index (κ1) is 18.8. The molecule has 0 saturated heterocycles. The number of aromatic nitrogens is 2. The summed E-state index contributed by atoms with van der Waals surface area (Å²) in [6.45, 7) is 3.39. The molecule has 0 bridgehead atoms. The van der Waals surface area contributed by atoms with E-state index in [0.717, 1.165) is 0 Å². The van der Waals surface area contributed by atoms with E-state index in [4.69, 9.17) is 10.4 Å². The molecule has 0 saturated carbocycles. The third kappa shape index (κ3) is 6.65. The van der Waals surface area contributed by atoms with Crippen molar-refractivity contribution < 1.29 is 27.5 Å². The molecule has 2 heterocycles. The van der Waals surface area contributed by atoms with Crippen molar-refractivity contribution in [1.82, 2.24) is 9.97 Å². The Kier molecular flexibility index (Phi) is 9.41. The molecule has 0 aromatic carbocycles. The molecule has 2 N–H and O–H groups in total. The summed E-state index contributed by atoms with van der Waals surface area (Å²) in [6.07, 6.45) is 3.31. The van der Waals surface area contributed by atoms with Gasteiger partial charge in [0, 0.05) is 29.5 Å². The molecule has 2 aromatic heterocycles. The Labute approximate surface area is 133 Å². The Bertz CT molecular complexity index is 521. The van der Waals surface area contributed by atoms with Crippen molar-refractivity contribution in [3.63, 3.8) is 0 Å². The van der Waals surface area contributed by atoms with Gasteiger partial charge >= 0.3 is 0 Å². The maximum Gasteiger partial charge on any atom is 0.102 e. The van der Waals surface area contributed by atoms with Crippen LogP contribution in [0.15, 0.2) is 59.1 Å². The van der Waals surface area contributed by atoms with E-state index in [1.54, 1.807) is 38.4 Å². The van der Waals surface area contributed by atoms with E-state index in [2.05, 4.69) is 20.3 Å². The van der Waals surface area contributed by atoms with Crippen LogP contribution in [-0.2, 0) is 17.1 Å². The minimum Gasteiger partial charge on any atom is -0.411 e. The van der Waals surface area contributed by atoms with E-state index in [9.17, 15) is 0 Å². The van der Waals surface area contributed by atoms with Crippen molar-refractivity contribution in [3.05, 3.63) is 60.2 Å². The first-order valence-corrected chi connectivity index (χ1v) is 5.89. The number of hydrogen-bond donors (Lipinski definition) is 2. The van der Waals surface area contributed by atoms with Crippen molar-refractivity contribution in [2.45, 2.75) is 13.8 Å². The average molecular weight is 336 g/mol. The van der Waals surface area contributed by atoms with Gasteiger partial charge in [0.1, 0.15) is 11.4 Å². The van der Waals surface area contributed by atoms with E-state index >= 15 is 0 Å². The second kappa shape index (κ2) is 10.5. The number of nitrogens with zero attached hydrogens (tertiary/aromatic N) is 4. The average Bonchev–Trinajstić information content (AvgIpc) is 2.55. The molecule has 7 heteroatoms. The van der Waals surface area contributed by atoms with Crippen LogP contribution in [0.3, 0.4) is 0 Å². The van der Waals surface area contributed by atoms with Crippen LogP contribution in [0.25, 0.3) is 0 Å². The predicted octanol–water partition coefficient (Wildman–Crippen LogP) is 2.56. The van der Waals surface area contributed by atoms with Gasteiger partial charge in [-0.25, -0.2) is 0 Å². The van der Waals surface area contributed by atoms with Crippen LogP contribution in [0, 0.1) is 0 Å². The molecule has 0 fully saturated rings. The summed E-state index contributed by atoms with van der Waals surface area (Å²) in [5.74, 6) is 0. The molecule has 0 spiro atoms. The van der Waals surface area contributed by atoms with Crippen molar-refractivity contribution >= 4 is 11.4 Å². The Morgan fingerprint density at radius 2 is 1.19 bits per heavy atom. The van der Waals surface area contributed by atoms with Crippen LogP contribution < -0.4 is 0 Å². The maximum absolute atomic E-state index is 8.34. The van der Waals surface area contributed by atoms with Crippen molar-refractivity contribution in [1.29, 1.82) is 0 Å². The van der Waals surface area contributed by atoms with Crippen molar-refractivity contribution in [2.24, 2.45) is 10.3 Å². The van der Waals surface area contributed by atoms with Crippen LogP contribution in [0.4, 0.5) is 0 Å².